The van der Waals surface area contributed by atoms with Crippen LogP contribution in [0.4, 0.5) is 5.95 Å². The van der Waals surface area contributed by atoms with Crippen LogP contribution in [0.5, 0.6) is 0 Å². The zero-order valence-electron chi connectivity index (χ0n) is 10.1. The summed E-state index contributed by atoms with van der Waals surface area (Å²) >= 11 is 0. The van der Waals surface area contributed by atoms with E-state index < -0.39 is 0 Å². The molecule has 1 aromatic heterocycles. The molecule has 3 rings (SSSR count). The lowest BCUT2D eigenvalue weighted by atomic mass is 10.1. The van der Waals surface area contributed by atoms with Gasteiger partial charge in [0.05, 0.1) is 5.92 Å². The third-order valence-electron chi connectivity index (χ3n) is 3.96. The summed E-state index contributed by atoms with van der Waals surface area (Å²) in [6.45, 7) is 2.10. The van der Waals surface area contributed by atoms with Gasteiger partial charge < -0.3 is 15.2 Å². The van der Waals surface area contributed by atoms with Gasteiger partial charge in [-0.2, -0.15) is 4.98 Å². The molecule has 0 amide bonds. The van der Waals surface area contributed by atoms with Crippen LogP contribution in [0.15, 0.2) is 4.52 Å². The maximum Gasteiger partial charge on any atom is 0.266 e. The number of aromatic nitrogens is 2. The van der Waals surface area contributed by atoms with Crippen LogP contribution in [0.25, 0.3) is 0 Å². The first kappa shape index (κ1) is 11.0. The number of piperidine rings is 1. The Hall–Kier alpha value is -1.10. The van der Waals surface area contributed by atoms with Crippen molar-refractivity contribution in [2.24, 2.45) is 5.73 Å². The standard InChI is InChI=1S/C12H20N4O/c13-10-6-4-5-9(10)11-14-12(15-17-11)16-7-2-1-3-8-16/h9-10H,1-8,13H2. The van der Waals surface area contributed by atoms with E-state index in [1.807, 2.05) is 0 Å². The Balaban J connectivity index is 1.73. The molecule has 0 bridgehead atoms. The summed E-state index contributed by atoms with van der Waals surface area (Å²) in [5.41, 5.74) is 6.06. The second-order valence-corrected chi connectivity index (χ2v) is 5.18. The van der Waals surface area contributed by atoms with Gasteiger partial charge in [-0.1, -0.05) is 6.42 Å². The minimum absolute atomic E-state index is 0.199. The molecule has 1 saturated heterocycles. The SMILES string of the molecule is NC1CCCC1c1nc(N2CCCCC2)no1. The van der Waals surface area contributed by atoms with Crippen LogP contribution in [0.1, 0.15) is 50.3 Å². The molecule has 1 aromatic rings. The van der Waals surface area contributed by atoms with E-state index in [0.717, 1.165) is 37.8 Å². The Morgan fingerprint density at radius 2 is 1.94 bits per heavy atom. The molecule has 2 heterocycles. The highest BCUT2D eigenvalue weighted by Gasteiger charge is 2.31. The van der Waals surface area contributed by atoms with Crippen LogP contribution in [0, 0.1) is 0 Å². The van der Waals surface area contributed by atoms with Crippen LogP contribution in [0.3, 0.4) is 0 Å². The highest BCUT2D eigenvalue weighted by Crippen LogP contribution is 2.33. The fourth-order valence-electron chi connectivity index (χ4n) is 2.90. The van der Waals surface area contributed by atoms with E-state index in [2.05, 4.69) is 15.0 Å². The quantitative estimate of drug-likeness (QED) is 0.845. The summed E-state index contributed by atoms with van der Waals surface area (Å²) in [4.78, 5) is 6.75. The second kappa shape index (κ2) is 4.64. The maximum atomic E-state index is 6.06. The number of hydrogen-bond acceptors (Lipinski definition) is 5. The van der Waals surface area contributed by atoms with Crippen molar-refractivity contribution in [2.75, 3.05) is 18.0 Å². The van der Waals surface area contributed by atoms with Crippen LogP contribution in [0.2, 0.25) is 0 Å². The van der Waals surface area contributed by atoms with Gasteiger partial charge in [-0.05, 0) is 37.3 Å². The topological polar surface area (TPSA) is 68.2 Å². The molecule has 2 N–H and O–H groups in total. The third-order valence-corrected chi connectivity index (χ3v) is 3.96. The number of nitrogens with two attached hydrogens (primary N) is 1. The lowest BCUT2D eigenvalue weighted by Crippen LogP contribution is -2.30. The highest BCUT2D eigenvalue weighted by molar-refractivity contribution is 5.28. The molecule has 0 aromatic carbocycles. The molecule has 2 aliphatic rings. The van der Waals surface area contributed by atoms with Gasteiger partial charge in [0.15, 0.2) is 0 Å². The minimum Gasteiger partial charge on any atom is -0.338 e. The Morgan fingerprint density at radius 1 is 1.12 bits per heavy atom. The molecule has 17 heavy (non-hydrogen) atoms. The fourth-order valence-corrected chi connectivity index (χ4v) is 2.90. The molecule has 2 fully saturated rings. The summed E-state index contributed by atoms with van der Waals surface area (Å²) in [6, 6.07) is 0.199. The van der Waals surface area contributed by atoms with E-state index in [0.29, 0.717) is 0 Å². The van der Waals surface area contributed by atoms with E-state index in [9.17, 15) is 0 Å². The summed E-state index contributed by atoms with van der Waals surface area (Å²) in [6.07, 6.45) is 7.11. The van der Waals surface area contributed by atoms with Crippen molar-refractivity contribution in [2.45, 2.75) is 50.5 Å². The number of anilines is 1. The average molecular weight is 236 g/mol. The first-order valence-corrected chi connectivity index (χ1v) is 6.69. The molecular formula is C12H20N4O. The van der Waals surface area contributed by atoms with Gasteiger partial charge in [-0.15, -0.1) is 0 Å². The smallest absolute Gasteiger partial charge is 0.266 e. The lowest BCUT2D eigenvalue weighted by Gasteiger charge is -2.24. The predicted molar refractivity (Wildman–Crippen MR) is 64.9 cm³/mol. The van der Waals surface area contributed by atoms with Crippen molar-refractivity contribution in [3.05, 3.63) is 5.89 Å². The molecule has 1 aliphatic heterocycles. The zero-order chi connectivity index (χ0) is 11.7. The van der Waals surface area contributed by atoms with Crippen molar-refractivity contribution in [1.82, 2.24) is 10.1 Å². The van der Waals surface area contributed by atoms with Crippen LogP contribution < -0.4 is 10.6 Å². The van der Waals surface area contributed by atoms with Gasteiger partial charge in [-0.25, -0.2) is 0 Å². The van der Waals surface area contributed by atoms with Crippen molar-refractivity contribution < 1.29 is 4.52 Å². The van der Waals surface area contributed by atoms with Crippen molar-refractivity contribution >= 4 is 5.95 Å². The average Bonchev–Trinajstić information content (AvgIpc) is 2.98. The Morgan fingerprint density at radius 3 is 2.65 bits per heavy atom. The molecule has 5 nitrogen and oxygen atoms in total. The first-order valence-electron chi connectivity index (χ1n) is 6.69. The molecule has 94 valence electrons. The van der Waals surface area contributed by atoms with E-state index in [-0.39, 0.29) is 12.0 Å². The minimum atomic E-state index is 0.199. The van der Waals surface area contributed by atoms with Gasteiger partial charge in [0.1, 0.15) is 0 Å². The molecule has 0 spiro atoms. The summed E-state index contributed by atoms with van der Waals surface area (Å²) in [5.74, 6) is 1.79. The van der Waals surface area contributed by atoms with E-state index in [1.54, 1.807) is 0 Å². The molecular weight excluding hydrogens is 216 g/mol. The highest BCUT2D eigenvalue weighted by atomic mass is 16.5. The van der Waals surface area contributed by atoms with Crippen molar-refractivity contribution in [1.29, 1.82) is 0 Å². The van der Waals surface area contributed by atoms with Gasteiger partial charge in [0, 0.05) is 19.1 Å². The third kappa shape index (κ3) is 2.16. The van der Waals surface area contributed by atoms with Gasteiger partial charge in [-0.3, -0.25) is 0 Å². The molecule has 5 heteroatoms. The van der Waals surface area contributed by atoms with Gasteiger partial charge >= 0.3 is 0 Å². The molecule has 1 aliphatic carbocycles. The van der Waals surface area contributed by atoms with Crippen LogP contribution in [-0.2, 0) is 0 Å². The molecule has 2 unspecified atom stereocenters. The first-order chi connectivity index (χ1) is 8.34. The van der Waals surface area contributed by atoms with E-state index in [1.165, 1.54) is 25.7 Å². The van der Waals surface area contributed by atoms with Crippen molar-refractivity contribution in [3.63, 3.8) is 0 Å². The normalized spacial score (nSPS) is 29.8. The summed E-state index contributed by atoms with van der Waals surface area (Å²) in [5, 5.41) is 4.10. The summed E-state index contributed by atoms with van der Waals surface area (Å²) < 4.78 is 5.39. The van der Waals surface area contributed by atoms with Gasteiger partial charge in [0.2, 0.25) is 5.89 Å². The Labute approximate surface area is 101 Å². The monoisotopic (exact) mass is 236 g/mol. The number of rotatable bonds is 2. The second-order valence-electron chi connectivity index (χ2n) is 5.18. The van der Waals surface area contributed by atoms with Crippen LogP contribution >= 0.6 is 0 Å². The lowest BCUT2D eigenvalue weighted by molar-refractivity contribution is 0.344. The number of nitrogens with zero attached hydrogens (tertiary/aromatic N) is 3. The largest absolute Gasteiger partial charge is 0.338 e. The summed E-state index contributed by atoms with van der Waals surface area (Å²) in [7, 11) is 0. The van der Waals surface area contributed by atoms with Crippen LogP contribution in [-0.4, -0.2) is 29.3 Å². The molecule has 1 saturated carbocycles. The number of hydrogen-bond donors (Lipinski definition) is 1. The Bertz CT molecular complexity index is 372. The predicted octanol–water partition coefficient (Wildman–Crippen LogP) is 1.65. The van der Waals surface area contributed by atoms with Crippen molar-refractivity contribution in [3.8, 4) is 0 Å². The maximum absolute atomic E-state index is 6.06. The molecule has 0 radical (unpaired) electrons. The molecule has 2 atom stereocenters. The van der Waals surface area contributed by atoms with E-state index in [4.69, 9.17) is 10.3 Å². The van der Waals surface area contributed by atoms with E-state index >= 15 is 0 Å². The zero-order valence-corrected chi connectivity index (χ0v) is 10.1. The van der Waals surface area contributed by atoms with Gasteiger partial charge in [0.25, 0.3) is 5.95 Å². The Kier molecular flexibility index (Phi) is 3.01. The fraction of sp³-hybridized carbons (Fsp3) is 0.833.